The Hall–Kier alpha value is -1.73. The molecule has 0 saturated heterocycles. The molecule has 3 rings (SSSR count). The first-order valence-electron chi connectivity index (χ1n) is 10.1. The van der Waals surface area contributed by atoms with Gasteiger partial charge in [0.05, 0.1) is 24.4 Å². The number of amides is 1. The van der Waals surface area contributed by atoms with Crippen LogP contribution in [0.2, 0.25) is 0 Å². The van der Waals surface area contributed by atoms with Gasteiger partial charge in [-0.3, -0.25) is 14.2 Å². The molecule has 0 saturated carbocycles. The van der Waals surface area contributed by atoms with Gasteiger partial charge in [-0.05, 0) is 42.6 Å². The molecule has 154 valence electrons. The number of nitrogens with zero attached hydrogens (tertiary/aromatic N) is 2. The Balaban J connectivity index is 1.79. The lowest BCUT2D eigenvalue weighted by atomic mass is 9.72. The molecule has 0 aromatic carbocycles. The molecule has 2 aromatic rings. The van der Waals surface area contributed by atoms with Crippen LogP contribution in [0.4, 0.5) is 0 Å². The van der Waals surface area contributed by atoms with Gasteiger partial charge in [-0.25, -0.2) is 4.98 Å². The molecule has 2 aromatic heterocycles. The van der Waals surface area contributed by atoms with E-state index in [1.165, 1.54) is 10.4 Å². The molecule has 2 atom stereocenters. The summed E-state index contributed by atoms with van der Waals surface area (Å²) in [6.07, 6.45) is 5.46. The molecule has 2 heterocycles. The molecule has 0 radical (unpaired) electrons. The van der Waals surface area contributed by atoms with Crippen molar-refractivity contribution in [3.05, 3.63) is 27.1 Å². The normalized spacial score (nSPS) is 18.1. The van der Waals surface area contributed by atoms with Crippen LogP contribution in [0.25, 0.3) is 10.2 Å². The third-order valence-electron chi connectivity index (χ3n) is 5.92. The maximum atomic E-state index is 13.0. The first-order valence-corrected chi connectivity index (χ1v) is 11.0. The van der Waals surface area contributed by atoms with Crippen molar-refractivity contribution >= 4 is 27.5 Å². The quantitative estimate of drug-likeness (QED) is 0.774. The zero-order valence-electron chi connectivity index (χ0n) is 17.2. The van der Waals surface area contributed by atoms with Crippen molar-refractivity contribution in [2.24, 2.45) is 11.3 Å². The molecule has 7 heteroatoms. The molecule has 0 aliphatic heterocycles. The van der Waals surface area contributed by atoms with Gasteiger partial charge in [-0.2, -0.15) is 0 Å². The molecule has 0 bridgehead atoms. The maximum absolute atomic E-state index is 13.0. The van der Waals surface area contributed by atoms with Gasteiger partial charge < -0.3 is 10.4 Å². The zero-order valence-corrected chi connectivity index (χ0v) is 18.1. The summed E-state index contributed by atoms with van der Waals surface area (Å²) in [7, 11) is 0. The molecular formula is C21H31N3O3S. The fraction of sp³-hybridized carbons (Fsp3) is 0.667. The Morgan fingerprint density at radius 1 is 1.46 bits per heavy atom. The lowest BCUT2D eigenvalue weighted by molar-refractivity contribution is -0.122. The van der Waals surface area contributed by atoms with Crippen LogP contribution in [0.1, 0.15) is 57.4 Å². The smallest absolute Gasteiger partial charge is 0.262 e. The Morgan fingerprint density at radius 2 is 2.21 bits per heavy atom. The third-order valence-corrected chi connectivity index (χ3v) is 7.08. The molecule has 2 N–H and O–H groups in total. The number of rotatable bonds is 6. The summed E-state index contributed by atoms with van der Waals surface area (Å²) in [5.41, 5.74) is 1.39. The fourth-order valence-corrected chi connectivity index (χ4v) is 5.16. The van der Waals surface area contributed by atoms with Crippen molar-refractivity contribution in [1.29, 1.82) is 0 Å². The molecule has 2 unspecified atom stereocenters. The van der Waals surface area contributed by atoms with E-state index in [4.69, 9.17) is 0 Å². The van der Waals surface area contributed by atoms with Crippen molar-refractivity contribution in [2.75, 3.05) is 6.61 Å². The average molecular weight is 406 g/mol. The average Bonchev–Trinajstić information content (AvgIpc) is 3.03. The van der Waals surface area contributed by atoms with Gasteiger partial charge in [0.15, 0.2) is 0 Å². The van der Waals surface area contributed by atoms with Gasteiger partial charge in [-0.15, -0.1) is 11.3 Å². The fourth-order valence-electron chi connectivity index (χ4n) is 3.90. The Morgan fingerprint density at radius 3 is 2.86 bits per heavy atom. The number of aromatic nitrogens is 2. The largest absolute Gasteiger partial charge is 0.394 e. The number of thiophene rings is 1. The number of carbonyl (C=O) groups excluding carboxylic acids is 1. The van der Waals surface area contributed by atoms with Gasteiger partial charge in [-0.1, -0.05) is 27.7 Å². The summed E-state index contributed by atoms with van der Waals surface area (Å²) in [6.45, 7) is 8.98. The van der Waals surface area contributed by atoms with E-state index in [1.807, 2.05) is 6.92 Å². The Bertz CT molecular complexity index is 906. The molecule has 1 aliphatic rings. The molecular weight excluding hydrogens is 374 g/mol. The van der Waals surface area contributed by atoms with Crippen LogP contribution in [0, 0.1) is 11.3 Å². The third kappa shape index (κ3) is 4.30. The number of hydrogen-bond donors (Lipinski definition) is 2. The second-order valence-electron chi connectivity index (χ2n) is 8.84. The van der Waals surface area contributed by atoms with E-state index in [1.54, 1.807) is 22.2 Å². The molecule has 0 fully saturated rings. The van der Waals surface area contributed by atoms with Crippen molar-refractivity contribution in [3.63, 3.8) is 0 Å². The summed E-state index contributed by atoms with van der Waals surface area (Å²) < 4.78 is 1.55. The second kappa shape index (κ2) is 8.33. The van der Waals surface area contributed by atoms with Gasteiger partial charge in [0, 0.05) is 17.8 Å². The summed E-state index contributed by atoms with van der Waals surface area (Å²) in [6, 6.07) is -0.232. The second-order valence-corrected chi connectivity index (χ2v) is 9.92. The van der Waals surface area contributed by atoms with E-state index < -0.39 is 0 Å². The number of aryl methyl sites for hydroxylation is 2. The number of fused-ring (bicyclic) bond motifs is 3. The van der Waals surface area contributed by atoms with E-state index in [0.29, 0.717) is 18.9 Å². The van der Waals surface area contributed by atoms with Crippen LogP contribution < -0.4 is 10.9 Å². The number of hydrogen-bond acceptors (Lipinski definition) is 5. The molecule has 1 amide bonds. The van der Waals surface area contributed by atoms with Gasteiger partial charge >= 0.3 is 0 Å². The first-order chi connectivity index (χ1) is 13.2. The highest BCUT2D eigenvalue weighted by atomic mass is 32.1. The lowest BCUT2D eigenvalue weighted by Crippen LogP contribution is -2.37. The van der Waals surface area contributed by atoms with Gasteiger partial charge in [0.1, 0.15) is 4.83 Å². The molecule has 1 aliphatic carbocycles. The van der Waals surface area contributed by atoms with Crippen LogP contribution in [-0.2, 0) is 24.2 Å². The van der Waals surface area contributed by atoms with Crippen LogP contribution in [-0.4, -0.2) is 33.2 Å². The van der Waals surface area contributed by atoms with Crippen LogP contribution >= 0.6 is 11.3 Å². The summed E-state index contributed by atoms with van der Waals surface area (Å²) >= 11 is 1.65. The topological polar surface area (TPSA) is 84.2 Å². The highest BCUT2D eigenvalue weighted by Gasteiger charge is 2.31. The highest BCUT2D eigenvalue weighted by molar-refractivity contribution is 7.18. The lowest BCUT2D eigenvalue weighted by Gasteiger charge is -2.33. The van der Waals surface area contributed by atoms with E-state index in [2.05, 4.69) is 31.1 Å². The molecule has 28 heavy (non-hydrogen) atoms. The van der Waals surface area contributed by atoms with Crippen molar-refractivity contribution in [1.82, 2.24) is 14.9 Å². The number of aliphatic hydroxyl groups is 1. The predicted octanol–water partition coefficient (Wildman–Crippen LogP) is 2.89. The van der Waals surface area contributed by atoms with Crippen molar-refractivity contribution in [3.8, 4) is 0 Å². The highest BCUT2D eigenvalue weighted by Crippen LogP contribution is 2.41. The van der Waals surface area contributed by atoms with Crippen molar-refractivity contribution < 1.29 is 9.90 Å². The van der Waals surface area contributed by atoms with E-state index in [-0.39, 0.29) is 36.0 Å². The summed E-state index contributed by atoms with van der Waals surface area (Å²) in [4.78, 5) is 31.8. The van der Waals surface area contributed by atoms with E-state index >= 15 is 0 Å². The number of aliphatic hydroxyl groups excluding tert-OH is 1. The zero-order chi connectivity index (χ0) is 20.5. The van der Waals surface area contributed by atoms with E-state index in [0.717, 1.165) is 29.5 Å². The molecule has 0 spiro atoms. The number of nitrogens with one attached hydrogen (secondary N) is 1. The summed E-state index contributed by atoms with van der Waals surface area (Å²) in [5.74, 6) is 0.463. The standard InChI is InChI=1S/C21H31N3O3S/c1-5-14(11-25)23-17(26)8-9-24-12-22-19-18(20(24)27)15-7-6-13(21(2,3)4)10-16(15)28-19/h12-14,25H,5-11H2,1-4H3,(H,23,26). The maximum Gasteiger partial charge on any atom is 0.262 e. The predicted molar refractivity (Wildman–Crippen MR) is 113 cm³/mol. The van der Waals surface area contributed by atoms with E-state index in [9.17, 15) is 14.7 Å². The summed E-state index contributed by atoms with van der Waals surface area (Å²) in [5, 5.41) is 12.7. The molecule has 6 nitrogen and oxygen atoms in total. The SMILES string of the molecule is CCC(CO)NC(=O)CCn1cnc2sc3c(c2c1=O)CCC(C(C)(C)C)C3. The minimum Gasteiger partial charge on any atom is -0.394 e. The number of carbonyl (C=O) groups is 1. The minimum absolute atomic E-state index is 0.0429. The van der Waals surface area contributed by atoms with Gasteiger partial charge in [0.2, 0.25) is 5.91 Å². The van der Waals surface area contributed by atoms with Crippen LogP contribution in [0.5, 0.6) is 0 Å². The Labute approximate surface area is 170 Å². The Kier molecular flexibility index (Phi) is 6.25. The van der Waals surface area contributed by atoms with Crippen LogP contribution in [0.15, 0.2) is 11.1 Å². The van der Waals surface area contributed by atoms with Gasteiger partial charge in [0.25, 0.3) is 5.56 Å². The first kappa shape index (κ1) is 21.0. The minimum atomic E-state index is -0.232. The van der Waals surface area contributed by atoms with Crippen molar-refractivity contribution in [2.45, 2.75) is 72.4 Å². The van der Waals surface area contributed by atoms with Crippen LogP contribution in [0.3, 0.4) is 0 Å². The monoisotopic (exact) mass is 405 g/mol.